The molecule has 0 unspecified atom stereocenters. The van der Waals surface area contributed by atoms with Gasteiger partial charge >= 0.3 is 0 Å². The number of rotatable bonds is 5. The van der Waals surface area contributed by atoms with E-state index in [1.165, 1.54) is 25.7 Å². The maximum Gasteiger partial charge on any atom is 0.159 e. The van der Waals surface area contributed by atoms with E-state index in [-0.39, 0.29) is 0 Å². The fraction of sp³-hybridized carbons (Fsp3) is 0.357. The largest absolute Gasteiger partial charge is 0.454 e. The zero-order valence-corrected chi connectivity index (χ0v) is 18.7. The average Bonchev–Trinajstić information content (AvgIpc) is 3.12. The molecule has 4 rings (SSSR count). The molecule has 1 aliphatic carbocycles. The predicted molar refractivity (Wildman–Crippen MR) is 130 cm³/mol. The summed E-state index contributed by atoms with van der Waals surface area (Å²) in [6, 6.07) is 16.8. The first kappa shape index (κ1) is 20.5. The maximum atomic E-state index is 6.60. The molecule has 3 aromatic rings. The molecule has 0 saturated heterocycles. The van der Waals surface area contributed by atoms with Gasteiger partial charge in [0.15, 0.2) is 5.58 Å². The lowest BCUT2D eigenvalue weighted by Gasteiger charge is -2.34. The minimum absolute atomic E-state index is 0.447. The standard InChI is InChI=1S/C28H33NO/c1-6-11-23-24-14-10-15-25(29(5)22-12-8-7-9-13-22)27(24)30-26(23)20(2)21-16-18-28(3,4)19-17-21/h6-15,21H,2,16-19H2,1,3-5H3/b11-6-. The third kappa shape index (κ3) is 3.84. The minimum Gasteiger partial charge on any atom is -0.454 e. The lowest BCUT2D eigenvalue weighted by atomic mass is 9.71. The molecule has 1 heterocycles. The number of fused-ring (bicyclic) bond motifs is 1. The van der Waals surface area contributed by atoms with Crippen LogP contribution in [0.5, 0.6) is 0 Å². The molecule has 2 heteroatoms. The van der Waals surface area contributed by atoms with Crippen molar-refractivity contribution in [3.05, 3.63) is 72.5 Å². The highest BCUT2D eigenvalue weighted by Crippen LogP contribution is 2.46. The first-order valence-electron chi connectivity index (χ1n) is 11.1. The van der Waals surface area contributed by atoms with Crippen molar-refractivity contribution in [2.45, 2.75) is 46.5 Å². The van der Waals surface area contributed by atoms with E-state index in [9.17, 15) is 0 Å². The summed E-state index contributed by atoms with van der Waals surface area (Å²) in [5, 5.41) is 1.15. The molecule has 0 N–H and O–H groups in total. The van der Waals surface area contributed by atoms with Crippen LogP contribution in [0.3, 0.4) is 0 Å². The molecule has 156 valence electrons. The van der Waals surface area contributed by atoms with Gasteiger partial charge in [-0.3, -0.25) is 0 Å². The van der Waals surface area contributed by atoms with Gasteiger partial charge in [0.1, 0.15) is 5.76 Å². The number of hydrogen-bond donors (Lipinski definition) is 0. The van der Waals surface area contributed by atoms with Crippen molar-refractivity contribution in [1.29, 1.82) is 0 Å². The number of benzene rings is 2. The van der Waals surface area contributed by atoms with Gasteiger partial charge in [-0.25, -0.2) is 0 Å². The van der Waals surface area contributed by atoms with Crippen LogP contribution in [0, 0.1) is 11.3 Å². The number of hydrogen-bond acceptors (Lipinski definition) is 2. The third-order valence-electron chi connectivity index (χ3n) is 6.69. The van der Waals surface area contributed by atoms with E-state index < -0.39 is 0 Å². The van der Waals surface area contributed by atoms with Crippen molar-refractivity contribution in [3.8, 4) is 0 Å². The van der Waals surface area contributed by atoms with Crippen LogP contribution in [0.25, 0.3) is 22.6 Å². The summed E-state index contributed by atoms with van der Waals surface area (Å²) in [6.07, 6.45) is 9.14. The summed E-state index contributed by atoms with van der Waals surface area (Å²) in [5.41, 5.74) is 5.91. The Balaban J connectivity index is 1.77. The van der Waals surface area contributed by atoms with E-state index in [0.29, 0.717) is 11.3 Å². The van der Waals surface area contributed by atoms with Gasteiger partial charge < -0.3 is 9.32 Å². The minimum atomic E-state index is 0.447. The Kier molecular flexibility index (Phi) is 5.60. The molecule has 30 heavy (non-hydrogen) atoms. The van der Waals surface area contributed by atoms with Crippen LogP contribution < -0.4 is 4.90 Å². The molecule has 0 aliphatic heterocycles. The highest BCUT2D eigenvalue weighted by Gasteiger charge is 2.30. The van der Waals surface area contributed by atoms with E-state index in [4.69, 9.17) is 4.42 Å². The van der Waals surface area contributed by atoms with Gasteiger partial charge in [-0.1, -0.05) is 62.9 Å². The van der Waals surface area contributed by atoms with Gasteiger partial charge in [-0.15, -0.1) is 0 Å². The Morgan fingerprint density at radius 3 is 2.43 bits per heavy atom. The third-order valence-corrected chi connectivity index (χ3v) is 6.69. The van der Waals surface area contributed by atoms with Crippen molar-refractivity contribution < 1.29 is 4.42 Å². The number of furan rings is 1. The maximum absolute atomic E-state index is 6.60. The van der Waals surface area contributed by atoms with Gasteiger partial charge in [0.2, 0.25) is 0 Å². The van der Waals surface area contributed by atoms with E-state index in [1.807, 2.05) is 6.07 Å². The highest BCUT2D eigenvalue weighted by molar-refractivity contribution is 6.00. The van der Waals surface area contributed by atoms with Crippen molar-refractivity contribution >= 4 is 34.0 Å². The molecule has 0 spiro atoms. The lowest BCUT2D eigenvalue weighted by Crippen LogP contribution is -2.21. The first-order valence-corrected chi connectivity index (χ1v) is 11.1. The highest BCUT2D eigenvalue weighted by atomic mass is 16.3. The van der Waals surface area contributed by atoms with Crippen molar-refractivity contribution in [3.63, 3.8) is 0 Å². The quantitative estimate of drug-likeness (QED) is 0.428. The molecule has 1 aromatic heterocycles. The van der Waals surface area contributed by atoms with Crippen LogP contribution in [0.2, 0.25) is 0 Å². The molecule has 2 nitrogen and oxygen atoms in total. The summed E-state index contributed by atoms with van der Waals surface area (Å²) in [5.74, 6) is 1.46. The second-order valence-electron chi connectivity index (χ2n) is 9.36. The second kappa shape index (κ2) is 8.18. The molecule has 2 aromatic carbocycles. The van der Waals surface area contributed by atoms with Crippen molar-refractivity contribution in [2.75, 3.05) is 11.9 Å². The van der Waals surface area contributed by atoms with E-state index in [0.717, 1.165) is 39.2 Å². The summed E-state index contributed by atoms with van der Waals surface area (Å²) in [4.78, 5) is 2.20. The summed E-state index contributed by atoms with van der Waals surface area (Å²) >= 11 is 0. The molecular weight excluding hydrogens is 366 g/mol. The Labute approximate surface area is 180 Å². The van der Waals surface area contributed by atoms with Crippen LogP contribution in [0.1, 0.15) is 57.8 Å². The molecule has 0 amide bonds. The zero-order valence-electron chi connectivity index (χ0n) is 18.7. The molecule has 0 bridgehead atoms. The Hall–Kier alpha value is -2.74. The van der Waals surface area contributed by atoms with Crippen LogP contribution in [0.4, 0.5) is 11.4 Å². The SMILES string of the molecule is C=C(c1oc2c(N(C)c3ccccc3)cccc2c1/C=C\C)C1CCC(C)(C)CC1. The summed E-state index contributed by atoms with van der Waals surface area (Å²) in [7, 11) is 2.10. The molecule has 0 atom stereocenters. The van der Waals surface area contributed by atoms with Gasteiger partial charge in [0.05, 0.1) is 5.69 Å². The predicted octanol–water partition coefficient (Wildman–Crippen LogP) is 8.46. The average molecular weight is 400 g/mol. The van der Waals surface area contributed by atoms with Gasteiger partial charge in [-0.05, 0) is 67.7 Å². The van der Waals surface area contributed by atoms with Crippen molar-refractivity contribution in [1.82, 2.24) is 0 Å². The molecule has 1 aliphatic rings. The Morgan fingerprint density at radius 1 is 1.07 bits per heavy atom. The van der Waals surface area contributed by atoms with Gasteiger partial charge in [-0.2, -0.15) is 0 Å². The van der Waals surface area contributed by atoms with E-state index >= 15 is 0 Å². The van der Waals surface area contributed by atoms with Crippen LogP contribution in [-0.2, 0) is 0 Å². The monoisotopic (exact) mass is 399 g/mol. The zero-order chi connectivity index (χ0) is 21.3. The molecule has 0 radical (unpaired) electrons. The molecule has 1 saturated carbocycles. The molecular formula is C28H33NO. The summed E-state index contributed by atoms with van der Waals surface area (Å²) in [6.45, 7) is 11.3. The number of anilines is 2. The smallest absolute Gasteiger partial charge is 0.159 e. The lowest BCUT2D eigenvalue weighted by molar-refractivity contribution is 0.217. The van der Waals surface area contributed by atoms with Crippen molar-refractivity contribution in [2.24, 2.45) is 11.3 Å². The first-order chi connectivity index (χ1) is 14.4. The van der Waals surface area contributed by atoms with Crippen LogP contribution >= 0.6 is 0 Å². The van der Waals surface area contributed by atoms with E-state index in [2.05, 4.69) is 93.9 Å². The van der Waals surface area contributed by atoms with Crippen LogP contribution in [0.15, 0.2) is 65.6 Å². The topological polar surface area (TPSA) is 16.4 Å². The van der Waals surface area contributed by atoms with Gasteiger partial charge in [0, 0.05) is 23.7 Å². The number of allylic oxidation sites excluding steroid dienone is 2. The normalized spacial score (nSPS) is 16.9. The Morgan fingerprint density at radius 2 is 1.77 bits per heavy atom. The second-order valence-corrected chi connectivity index (χ2v) is 9.36. The van der Waals surface area contributed by atoms with Gasteiger partial charge in [0.25, 0.3) is 0 Å². The Bertz CT molecular complexity index is 1060. The van der Waals surface area contributed by atoms with E-state index in [1.54, 1.807) is 0 Å². The number of para-hydroxylation sites is 2. The fourth-order valence-corrected chi connectivity index (χ4v) is 4.68. The fourth-order valence-electron chi connectivity index (χ4n) is 4.68. The van der Waals surface area contributed by atoms with Crippen LogP contribution in [-0.4, -0.2) is 7.05 Å². The number of nitrogens with zero attached hydrogens (tertiary/aromatic N) is 1. The summed E-state index contributed by atoms with van der Waals surface area (Å²) < 4.78 is 6.60. The molecule has 1 fully saturated rings.